The SMILES string of the molecule is CCN(CC)CC(C)NCc1ccccc1N1CCCC1. The van der Waals surface area contributed by atoms with E-state index in [4.69, 9.17) is 0 Å². The molecule has 0 aromatic heterocycles. The Hall–Kier alpha value is -1.06. The molecular weight excluding hydrogens is 258 g/mol. The molecule has 3 nitrogen and oxygen atoms in total. The van der Waals surface area contributed by atoms with E-state index in [1.807, 2.05) is 0 Å². The van der Waals surface area contributed by atoms with Crippen LogP contribution in [0.15, 0.2) is 24.3 Å². The second-order valence-corrected chi connectivity index (χ2v) is 6.09. The zero-order valence-corrected chi connectivity index (χ0v) is 13.9. The second-order valence-electron chi connectivity index (χ2n) is 6.09. The third kappa shape index (κ3) is 4.72. The van der Waals surface area contributed by atoms with Crippen LogP contribution in [0, 0.1) is 0 Å². The third-order valence-electron chi connectivity index (χ3n) is 4.51. The van der Waals surface area contributed by atoms with Crippen LogP contribution in [0.4, 0.5) is 5.69 Å². The molecule has 2 rings (SSSR count). The molecule has 1 aromatic carbocycles. The van der Waals surface area contributed by atoms with E-state index >= 15 is 0 Å². The molecule has 0 spiro atoms. The summed E-state index contributed by atoms with van der Waals surface area (Å²) in [5.74, 6) is 0. The van der Waals surface area contributed by atoms with Crippen LogP contribution in [0.3, 0.4) is 0 Å². The largest absolute Gasteiger partial charge is 0.371 e. The van der Waals surface area contributed by atoms with Gasteiger partial charge in [0.1, 0.15) is 0 Å². The number of rotatable bonds is 8. The number of anilines is 1. The van der Waals surface area contributed by atoms with E-state index in [0.29, 0.717) is 6.04 Å². The first-order valence-corrected chi connectivity index (χ1v) is 8.53. The van der Waals surface area contributed by atoms with Crippen molar-refractivity contribution in [1.29, 1.82) is 0 Å². The van der Waals surface area contributed by atoms with Crippen molar-refractivity contribution in [2.24, 2.45) is 0 Å². The van der Waals surface area contributed by atoms with Crippen molar-refractivity contribution in [3.63, 3.8) is 0 Å². The topological polar surface area (TPSA) is 18.5 Å². The highest BCUT2D eigenvalue weighted by Gasteiger charge is 2.15. The van der Waals surface area contributed by atoms with Crippen molar-refractivity contribution in [3.8, 4) is 0 Å². The maximum atomic E-state index is 3.69. The lowest BCUT2D eigenvalue weighted by molar-refractivity contribution is 0.271. The first-order chi connectivity index (χ1) is 10.2. The highest BCUT2D eigenvalue weighted by molar-refractivity contribution is 5.54. The van der Waals surface area contributed by atoms with Crippen molar-refractivity contribution in [2.75, 3.05) is 37.6 Å². The van der Waals surface area contributed by atoms with Gasteiger partial charge in [-0.1, -0.05) is 32.0 Å². The van der Waals surface area contributed by atoms with Gasteiger partial charge in [-0.15, -0.1) is 0 Å². The molecule has 1 N–H and O–H groups in total. The first-order valence-electron chi connectivity index (χ1n) is 8.53. The molecule has 118 valence electrons. The Morgan fingerprint density at radius 3 is 2.48 bits per heavy atom. The average molecular weight is 289 g/mol. The third-order valence-corrected chi connectivity index (χ3v) is 4.51. The smallest absolute Gasteiger partial charge is 0.0411 e. The Balaban J connectivity index is 1.90. The fourth-order valence-corrected chi connectivity index (χ4v) is 3.14. The molecular formula is C18H31N3. The molecule has 1 aromatic rings. The lowest BCUT2D eigenvalue weighted by atomic mass is 10.1. The van der Waals surface area contributed by atoms with E-state index in [9.17, 15) is 0 Å². The quantitative estimate of drug-likeness (QED) is 0.793. The Labute approximate surface area is 130 Å². The molecule has 3 heteroatoms. The van der Waals surface area contributed by atoms with Gasteiger partial charge in [-0.3, -0.25) is 0 Å². The minimum Gasteiger partial charge on any atom is -0.371 e. The number of nitrogens with zero attached hydrogens (tertiary/aromatic N) is 2. The number of para-hydroxylation sites is 1. The highest BCUT2D eigenvalue weighted by Crippen LogP contribution is 2.24. The Morgan fingerprint density at radius 2 is 1.81 bits per heavy atom. The van der Waals surface area contributed by atoms with Crippen LogP contribution < -0.4 is 10.2 Å². The Morgan fingerprint density at radius 1 is 1.14 bits per heavy atom. The molecule has 0 saturated carbocycles. The number of benzene rings is 1. The molecule has 1 atom stereocenters. The van der Waals surface area contributed by atoms with Gasteiger partial charge in [0.05, 0.1) is 0 Å². The molecule has 1 heterocycles. The lowest BCUT2D eigenvalue weighted by Crippen LogP contribution is -2.39. The van der Waals surface area contributed by atoms with Gasteiger partial charge in [0, 0.05) is 37.9 Å². The van der Waals surface area contributed by atoms with Gasteiger partial charge >= 0.3 is 0 Å². The van der Waals surface area contributed by atoms with Crippen LogP contribution in [0.25, 0.3) is 0 Å². The summed E-state index contributed by atoms with van der Waals surface area (Å²) in [6.45, 7) is 13.5. The van der Waals surface area contributed by atoms with Gasteiger partial charge in [0.25, 0.3) is 0 Å². The number of hydrogen-bond acceptors (Lipinski definition) is 3. The molecule has 1 aliphatic heterocycles. The van der Waals surface area contributed by atoms with Crippen LogP contribution in [-0.2, 0) is 6.54 Å². The molecule has 1 fully saturated rings. The van der Waals surface area contributed by atoms with Crippen molar-refractivity contribution >= 4 is 5.69 Å². The van der Waals surface area contributed by atoms with E-state index in [1.54, 1.807) is 0 Å². The Kier molecular flexibility index (Phi) is 6.52. The van der Waals surface area contributed by atoms with Crippen LogP contribution in [0.5, 0.6) is 0 Å². The monoisotopic (exact) mass is 289 g/mol. The minimum atomic E-state index is 0.525. The molecule has 0 bridgehead atoms. The van der Waals surface area contributed by atoms with Gasteiger partial charge in [0.2, 0.25) is 0 Å². The zero-order valence-electron chi connectivity index (χ0n) is 13.9. The van der Waals surface area contributed by atoms with E-state index in [1.165, 1.54) is 37.2 Å². The van der Waals surface area contributed by atoms with Crippen LogP contribution >= 0.6 is 0 Å². The van der Waals surface area contributed by atoms with Crippen molar-refractivity contribution in [2.45, 2.75) is 46.2 Å². The van der Waals surface area contributed by atoms with Crippen LogP contribution in [-0.4, -0.2) is 43.7 Å². The summed E-state index contributed by atoms with van der Waals surface area (Å²) in [5, 5.41) is 3.69. The number of hydrogen-bond donors (Lipinski definition) is 1. The molecule has 1 unspecified atom stereocenters. The normalized spacial score (nSPS) is 16.7. The number of nitrogens with one attached hydrogen (secondary N) is 1. The summed E-state index contributed by atoms with van der Waals surface area (Å²) >= 11 is 0. The van der Waals surface area contributed by atoms with E-state index in [-0.39, 0.29) is 0 Å². The van der Waals surface area contributed by atoms with Crippen molar-refractivity contribution in [1.82, 2.24) is 10.2 Å². The fraction of sp³-hybridized carbons (Fsp3) is 0.667. The lowest BCUT2D eigenvalue weighted by Gasteiger charge is -2.25. The predicted molar refractivity (Wildman–Crippen MR) is 92.0 cm³/mol. The van der Waals surface area contributed by atoms with Crippen molar-refractivity contribution in [3.05, 3.63) is 29.8 Å². The van der Waals surface area contributed by atoms with Gasteiger partial charge in [-0.25, -0.2) is 0 Å². The Bertz CT molecular complexity index is 409. The van der Waals surface area contributed by atoms with E-state index in [0.717, 1.165) is 26.2 Å². The van der Waals surface area contributed by atoms with Gasteiger partial charge in [-0.05, 0) is 44.5 Å². The first kappa shape index (κ1) is 16.3. The average Bonchev–Trinajstić information content (AvgIpc) is 3.05. The highest BCUT2D eigenvalue weighted by atomic mass is 15.2. The standard InChI is InChI=1S/C18H31N3/c1-4-20(5-2)15-16(3)19-14-17-10-6-7-11-18(17)21-12-8-9-13-21/h6-7,10-11,16,19H,4-5,8-9,12-15H2,1-3H3. The second kappa shape index (κ2) is 8.40. The summed E-state index contributed by atoms with van der Waals surface area (Å²) in [4.78, 5) is 5.01. The summed E-state index contributed by atoms with van der Waals surface area (Å²) in [5.41, 5.74) is 2.86. The maximum Gasteiger partial charge on any atom is 0.0411 e. The zero-order chi connectivity index (χ0) is 15.1. The van der Waals surface area contributed by atoms with Crippen LogP contribution in [0.2, 0.25) is 0 Å². The summed E-state index contributed by atoms with van der Waals surface area (Å²) in [6, 6.07) is 9.39. The number of likely N-dealkylation sites (N-methyl/N-ethyl adjacent to an activating group) is 1. The summed E-state index contributed by atoms with van der Waals surface area (Å²) in [7, 11) is 0. The molecule has 0 radical (unpaired) electrons. The maximum absolute atomic E-state index is 3.69. The summed E-state index contributed by atoms with van der Waals surface area (Å²) < 4.78 is 0. The van der Waals surface area contributed by atoms with E-state index in [2.05, 4.69) is 60.2 Å². The molecule has 0 aliphatic carbocycles. The van der Waals surface area contributed by atoms with Crippen LogP contribution in [0.1, 0.15) is 39.2 Å². The molecule has 21 heavy (non-hydrogen) atoms. The van der Waals surface area contributed by atoms with Gasteiger partial charge < -0.3 is 15.1 Å². The van der Waals surface area contributed by atoms with Crippen molar-refractivity contribution < 1.29 is 0 Å². The molecule has 0 amide bonds. The molecule has 1 aliphatic rings. The van der Waals surface area contributed by atoms with E-state index < -0.39 is 0 Å². The van der Waals surface area contributed by atoms with Gasteiger partial charge in [-0.2, -0.15) is 0 Å². The minimum absolute atomic E-state index is 0.525. The molecule has 1 saturated heterocycles. The fourth-order valence-electron chi connectivity index (χ4n) is 3.14. The predicted octanol–water partition coefficient (Wildman–Crippen LogP) is 3.11. The van der Waals surface area contributed by atoms with Gasteiger partial charge in [0.15, 0.2) is 0 Å². The summed E-state index contributed by atoms with van der Waals surface area (Å²) in [6.07, 6.45) is 2.67.